The Kier molecular flexibility index (Phi) is 6.70. The summed E-state index contributed by atoms with van der Waals surface area (Å²) in [4.78, 5) is 38.8. The maximum Gasteiger partial charge on any atom is 0.343 e. The van der Waals surface area contributed by atoms with Gasteiger partial charge in [-0.2, -0.15) is 0 Å². The fraction of sp³-hybridized carbons (Fsp3) is 0.318. The van der Waals surface area contributed by atoms with Gasteiger partial charge < -0.3 is 25.2 Å². The fourth-order valence-corrected chi connectivity index (χ4v) is 3.95. The van der Waals surface area contributed by atoms with Crippen molar-refractivity contribution in [3.63, 3.8) is 0 Å². The van der Waals surface area contributed by atoms with Crippen LogP contribution in [-0.2, 0) is 11.2 Å². The van der Waals surface area contributed by atoms with Crippen LogP contribution in [0, 0.1) is 0 Å². The average molecular weight is 447 g/mol. The Bertz CT molecular complexity index is 1030. The van der Waals surface area contributed by atoms with Gasteiger partial charge in [0.1, 0.15) is 6.04 Å². The first-order valence-electron chi connectivity index (χ1n) is 9.86. The molecular formula is C22H23ClN2O6. The highest BCUT2D eigenvalue weighted by Gasteiger charge is 2.36. The van der Waals surface area contributed by atoms with Gasteiger partial charge in [-0.15, -0.1) is 12.4 Å². The second kappa shape index (κ2) is 9.26. The molecular weight excluding hydrogens is 424 g/mol. The Morgan fingerprint density at radius 3 is 2.74 bits per heavy atom. The Balaban J connectivity index is 0.00000272. The molecule has 2 aliphatic heterocycles. The first-order chi connectivity index (χ1) is 14.5. The summed E-state index contributed by atoms with van der Waals surface area (Å²) in [6.07, 6.45) is 2.20. The van der Waals surface area contributed by atoms with Gasteiger partial charge in [0, 0.05) is 12.2 Å². The summed E-state index contributed by atoms with van der Waals surface area (Å²) < 4.78 is 11.4. The van der Waals surface area contributed by atoms with E-state index in [2.05, 4.69) is 0 Å². The van der Waals surface area contributed by atoms with Gasteiger partial charge in [-0.1, -0.05) is 6.07 Å². The van der Waals surface area contributed by atoms with E-state index in [1.54, 1.807) is 36.4 Å². The van der Waals surface area contributed by atoms with Gasteiger partial charge in [0.15, 0.2) is 11.5 Å². The van der Waals surface area contributed by atoms with Crippen LogP contribution in [0.4, 0.5) is 5.69 Å². The first kappa shape index (κ1) is 22.4. The van der Waals surface area contributed by atoms with E-state index in [-0.39, 0.29) is 29.5 Å². The summed E-state index contributed by atoms with van der Waals surface area (Å²) in [7, 11) is 0. The van der Waals surface area contributed by atoms with Crippen LogP contribution in [0.3, 0.4) is 0 Å². The summed E-state index contributed by atoms with van der Waals surface area (Å²) >= 11 is 0. The fourth-order valence-electron chi connectivity index (χ4n) is 3.95. The number of fused-ring (bicyclic) bond motifs is 2. The number of ether oxygens (including phenoxy) is 2. The van der Waals surface area contributed by atoms with Crippen LogP contribution in [-0.4, -0.2) is 47.0 Å². The number of carbonyl (C=O) groups is 3. The van der Waals surface area contributed by atoms with Crippen molar-refractivity contribution < 1.29 is 29.0 Å². The molecule has 0 radical (unpaired) electrons. The molecule has 2 heterocycles. The molecule has 0 aromatic heterocycles. The maximum atomic E-state index is 13.1. The number of rotatable bonds is 2. The molecule has 1 amide bonds. The minimum atomic E-state index is -1.03. The third-order valence-corrected chi connectivity index (χ3v) is 5.40. The number of carboxylic acid groups (broad SMARTS) is 1. The number of hydrogen-bond acceptors (Lipinski definition) is 6. The van der Waals surface area contributed by atoms with Crippen molar-refractivity contribution in [3.8, 4) is 11.5 Å². The molecule has 0 unspecified atom stereocenters. The second-order valence-electron chi connectivity index (χ2n) is 7.39. The van der Waals surface area contributed by atoms with Crippen LogP contribution >= 0.6 is 12.4 Å². The van der Waals surface area contributed by atoms with Crippen LogP contribution < -0.4 is 15.2 Å². The maximum absolute atomic E-state index is 13.1. The summed E-state index contributed by atoms with van der Waals surface area (Å²) in [5.74, 6) is -1.76. The highest BCUT2D eigenvalue weighted by molar-refractivity contribution is 6.01. The standard InChI is InChI=1S/C22H22N2O6.ClH/c23-14-8-9-15-13(12-14)4-3-11-29-19-16(5-1-7-18(19)30-22(15)28)20(25)24-10-2-6-17(24)21(26)27;/h1,5,7-9,12,17H,2-4,6,10-11,23H2,(H,26,27);1H/t17-;/m0./s1. The lowest BCUT2D eigenvalue weighted by Crippen LogP contribution is -2.40. The van der Waals surface area contributed by atoms with Gasteiger partial charge in [-0.3, -0.25) is 4.79 Å². The minimum Gasteiger partial charge on any atom is -0.489 e. The number of carbonyl (C=O) groups excluding carboxylic acids is 2. The first-order valence-corrected chi connectivity index (χ1v) is 9.86. The molecule has 31 heavy (non-hydrogen) atoms. The van der Waals surface area contributed by atoms with Crippen molar-refractivity contribution >= 4 is 35.9 Å². The van der Waals surface area contributed by atoms with Crippen molar-refractivity contribution in [3.05, 3.63) is 53.1 Å². The molecule has 8 nitrogen and oxygen atoms in total. The van der Waals surface area contributed by atoms with Crippen molar-refractivity contribution in [2.24, 2.45) is 0 Å². The predicted octanol–water partition coefficient (Wildman–Crippen LogP) is 2.92. The number of aryl methyl sites for hydroxylation is 1. The highest BCUT2D eigenvalue weighted by atomic mass is 35.5. The van der Waals surface area contributed by atoms with Crippen LogP contribution in [0.5, 0.6) is 11.5 Å². The molecule has 2 aliphatic rings. The van der Waals surface area contributed by atoms with E-state index >= 15 is 0 Å². The molecule has 1 saturated heterocycles. The van der Waals surface area contributed by atoms with E-state index < -0.39 is 23.9 Å². The zero-order chi connectivity index (χ0) is 21.3. The predicted molar refractivity (Wildman–Crippen MR) is 115 cm³/mol. The molecule has 4 rings (SSSR count). The molecule has 0 spiro atoms. The smallest absolute Gasteiger partial charge is 0.343 e. The molecule has 9 heteroatoms. The largest absolute Gasteiger partial charge is 0.489 e. The molecule has 2 aromatic carbocycles. The Labute approximate surface area is 185 Å². The normalized spacial score (nSPS) is 18.0. The Hall–Kier alpha value is -3.26. The number of para-hydroxylation sites is 1. The zero-order valence-electron chi connectivity index (χ0n) is 16.7. The Morgan fingerprint density at radius 2 is 1.97 bits per heavy atom. The second-order valence-corrected chi connectivity index (χ2v) is 7.39. The third-order valence-electron chi connectivity index (χ3n) is 5.40. The number of halogens is 1. The molecule has 0 bridgehead atoms. The molecule has 1 atom stereocenters. The van der Waals surface area contributed by atoms with Gasteiger partial charge in [0.25, 0.3) is 5.91 Å². The van der Waals surface area contributed by atoms with E-state index in [1.165, 1.54) is 4.90 Å². The average Bonchev–Trinajstić information content (AvgIpc) is 3.21. The summed E-state index contributed by atoms with van der Waals surface area (Å²) in [5, 5.41) is 9.41. The van der Waals surface area contributed by atoms with E-state index in [0.717, 1.165) is 5.56 Å². The summed E-state index contributed by atoms with van der Waals surface area (Å²) in [5.41, 5.74) is 7.78. The van der Waals surface area contributed by atoms with E-state index in [9.17, 15) is 19.5 Å². The van der Waals surface area contributed by atoms with Gasteiger partial charge in [0.05, 0.1) is 17.7 Å². The molecule has 3 N–H and O–H groups in total. The van der Waals surface area contributed by atoms with Crippen LogP contribution in [0.1, 0.15) is 45.5 Å². The van der Waals surface area contributed by atoms with Gasteiger partial charge in [-0.25, -0.2) is 9.59 Å². The molecule has 164 valence electrons. The quantitative estimate of drug-likeness (QED) is 0.413. The number of nitrogens with two attached hydrogens (primary N) is 1. The molecule has 1 fully saturated rings. The molecule has 0 aliphatic carbocycles. The van der Waals surface area contributed by atoms with Crippen molar-refractivity contribution in [1.29, 1.82) is 0 Å². The number of nitrogens with zero attached hydrogens (tertiary/aromatic N) is 1. The lowest BCUT2D eigenvalue weighted by atomic mass is 10.0. The van der Waals surface area contributed by atoms with Crippen LogP contribution in [0.15, 0.2) is 36.4 Å². The number of amides is 1. The highest BCUT2D eigenvalue weighted by Crippen LogP contribution is 2.35. The third kappa shape index (κ3) is 4.44. The van der Waals surface area contributed by atoms with Gasteiger partial charge in [-0.05, 0) is 61.6 Å². The number of carboxylic acids is 1. The minimum absolute atomic E-state index is 0. The SMILES string of the molecule is Cl.Nc1ccc2c(c1)CCCOc1c(cccc1C(=O)N1CCC[C@H]1C(=O)O)OC2=O. The Morgan fingerprint density at radius 1 is 1.16 bits per heavy atom. The van der Waals surface area contributed by atoms with Crippen LogP contribution in [0.2, 0.25) is 0 Å². The summed E-state index contributed by atoms with van der Waals surface area (Å²) in [6, 6.07) is 8.86. The number of nitrogen functional groups attached to an aromatic ring is 1. The number of aliphatic carboxylic acids is 1. The lowest BCUT2D eigenvalue weighted by Gasteiger charge is -2.24. The van der Waals surface area contributed by atoms with Crippen molar-refractivity contribution in [2.45, 2.75) is 31.7 Å². The van der Waals surface area contributed by atoms with E-state index in [1.807, 2.05) is 0 Å². The number of esters is 1. The number of benzene rings is 2. The zero-order valence-corrected chi connectivity index (χ0v) is 17.5. The lowest BCUT2D eigenvalue weighted by molar-refractivity contribution is -0.141. The van der Waals surface area contributed by atoms with Crippen molar-refractivity contribution in [2.75, 3.05) is 18.9 Å². The molecule has 2 aromatic rings. The topological polar surface area (TPSA) is 119 Å². The summed E-state index contributed by atoms with van der Waals surface area (Å²) in [6.45, 7) is 0.652. The number of hydrogen-bond donors (Lipinski definition) is 2. The van der Waals surface area contributed by atoms with E-state index in [4.69, 9.17) is 15.2 Å². The number of likely N-dealkylation sites (tertiary alicyclic amines) is 1. The van der Waals surface area contributed by atoms with E-state index in [0.29, 0.717) is 50.1 Å². The molecule has 0 saturated carbocycles. The number of anilines is 1. The van der Waals surface area contributed by atoms with Gasteiger partial charge >= 0.3 is 11.9 Å². The van der Waals surface area contributed by atoms with Crippen LogP contribution in [0.25, 0.3) is 0 Å². The van der Waals surface area contributed by atoms with Gasteiger partial charge in [0.2, 0.25) is 0 Å². The van der Waals surface area contributed by atoms with Crippen molar-refractivity contribution in [1.82, 2.24) is 4.90 Å². The monoisotopic (exact) mass is 446 g/mol.